The molecule has 0 saturated heterocycles. The average molecular weight is 312 g/mol. The van der Waals surface area contributed by atoms with Gasteiger partial charge in [0.05, 0.1) is 6.04 Å². The lowest BCUT2D eigenvalue weighted by Gasteiger charge is -2.06. The second kappa shape index (κ2) is 5.31. The van der Waals surface area contributed by atoms with E-state index in [4.69, 9.17) is 0 Å². The minimum absolute atomic E-state index is 0.0813. The third-order valence-electron chi connectivity index (χ3n) is 2.61. The Bertz CT molecular complexity index is 767. The first-order valence-electron chi connectivity index (χ1n) is 6.02. The van der Waals surface area contributed by atoms with E-state index in [-0.39, 0.29) is 11.7 Å². The van der Waals surface area contributed by atoms with Gasteiger partial charge in [0.15, 0.2) is 5.65 Å². The lowest BCUT2D eigenvalue weighted by atomic mass is 10.4. The van der Waals surface area contributed by atoms with Gasteiger partial charge in [-0.25, -0.2) is 13.5 Å². The van der Waals surface area contributed by atoms with Gasteiger partial charge in [-0.1, -0.05) is 0 Å². The number of halogens is 2. The third-order valence-corrected chi connectivity index (χ3v) is 3.48. The van der Waals surface area contributed by atoms with Gasteiger partial charge in [0.1, 0.15) is 5.03 Å². The van der Waals surface area contributed by atoms with Crippen LogP contribution in [0.25, 0.3) is 5.65 Å². The summed E-state index contributed by atoms with van der Waals surface area (Å²) in [7, 11) is 0. The second-order valence-electron chi connectivity index (χ2n) is 4.40. The smallest absolute Gasteiger partial charge is 0.218 e. The van der Waals surface area contributed by atoms with E-state index in [1.54, 1.807) is 16.8 Å². The molecule has 8 nitrogen and oxygen atoms in total. The van der Waals surface area contributed by atoms with Crippen molar-refractivity contribution in [3.63, 3.8) is 0 Å². The fourth-order valence-electron chi connectivity index (χ4n) is 1.65. The van der Waals surface area contributed by atoms with Crippen LogP contribution in [0.1, 0.15) is 32.1 Å². The molecule has 0 aliphatic rings. The fraction of sp³-hybridized carbons (Fsp3) is 0.400. The second-order valence-corrected chi connectivity index (χ2v) is 5.39. The van der Waals surface area contributed by atoms with Crippen LogP contribution in [0.2, 0.25) is 0 Å². The molecule has 0 aliphatic carbocycles. The highest BCUT2D eigenvalue weighted by Gasteiger charge is 2.18. The molecule has 0 bridgehead atoms. The maximum atomic E-state index is 12.8. The van der Waals surface area contributed by atoms with Crippen LogP contribution in [0, 0.1) is 0 Å². The first-order valence-corrected chi connectivity index (χ1v) is 6.84. The zero-order valence-corrected chi connectivity index (χ0v) is 11.9. The highest BCUT2D eigenvalue weighted by Crippen LogP contribution is 2.26. The number of tetrazole rings is 1. The molecule has 3 aromatic heterocycles. The van der Waals surface area contributed by atoms with Gasteiger partial charge in [-0.05, 0) is 48.2 Å². The normalized spacial score (nSPS) is 11.9. The Labute approximate surface area is 121 Å². The SMILES string of the molecule is CC(C)n1nnnc1Sc1ccc2nnc(C(F)F)n2n1. The number of aromatic nitrogens is 8. The molecule has 3 rings (SSSR count). The number of rotatable bonds is 4. The number of alkyl halides is 2. The molecule has 0 atom stereocenters. The van der Waals surface area contributed by atoms with Crippen LogP contribution < -0.4 is 0 Å². The molecule has 0 aliphatic heterocycles. The summed E-state index contributed by atoms with van der Waals surface area (Å²) in [4.78, 5) is 0. The zero-order valence-electron chi connectivity index (χ0n) is 11.1. The summed E-state index contributed by atoms with van der Waals surface area (Å²) in [5, 5.41) is 23.5. The van der Waals surface area contributed by atoms with Crippen LogP contribution in [0.3, 0.4) is 0 Å². The van der Waals surface area contributed by atoms with E-state index in [1.165, 1.54) is 11.8 Å². The van der Waals surface area contributed by atoms with Gasteiger partial charge in [0.25, 0.3) is 6.43 Å². The summed E-state index contributed by atoms with van der Waals surface area (Å²) in [6.07, 6.45) is -2.74. The Morgan fingerprint density at radius 1 is 1.14 bits per heavy atom. The average Bonchev–Trinajstić information content (AvgIpc) is 3.04. The van der Waals surface area contributed by atoms with Crippen LogP contribution >= 0.6 is 11.8 Å². The lowest BCUT2D eigenvalue weighted by Crippen LogP contribution is -2.05. The van der Waals surface area contributed by atoms with Crippen molar-refractivity contribution < 1.29 is 8.78 Å². The molecule has 3 heterocycles. The van der Waals surface area contributed by atoms with E-state index in [2.05, 4.69) is 30.8 Å². The Hall–Kier alpha value is -2.17. The summed E-state index contributed by atoms with van der Waals surface area (Å²) in [5.74, 6) is -0.490. The largest absolute Gasteiger partial charge is 0.299 e. The van der Waals surface area contributed by atoms with Gasteiger partial charge in [0, 0.05) is 0 Å². The number of hydrogen-bond acceptors (Lipinski definition) is 7. The highest BCUT2D eigenvalue weighted by atomic mass is 32.2. The summed E-state index contributed by atoms with van der Waals surface area (Å²) < 4.78 is 28.3. The maximum Gasteiger partial charge on any atom is 0.299 e. The molecule has 0 spiro atoms. The Kier molecular flexibility index (Phi) is 3.49. The van der Waals surface area contributed by atoms with Crippen molar-refractivity contribution in [2.45, 2.75) is 36.5 Å². The van der Waals surface area contributed by atoms with Crippen molar-refractivity contribution in [2.24, 2.45) is 0 Å². The van der Waals surface area contributed by atoms with E-state index >= 15 is 0 Å². The zero-order chi connectivity index (χ0) is 15.0. The van der Waals surface area contributed by atoms with Gasteiger partial charge < -0.3 is 0 Å². The number of fused-ring (bicyclic) bond motifs is 1. The maximum absolute atomic E-state index is 12.8. The van der Waals surface area contributed by atoms with Crippen LogP contribution in [-0.2, 0) is 0 Å². The highest BCUT2D eigenvalue weighted by molar-refractivity contribution is 7.99. The fourth-order valence-corrected chi connectivity index (χ4v) is 2.51. The molecule has 110 valence electrons. The van der Waals surface area contributed by atoms with Crippen molar-refractivity contribution in [1.29, 1.82) is 0 Å². The number of nitrogens with zero attached hydrogens (tertiary/aromatic N) is 8. The van der Waals surface area contributed by atoms with Crippen molar-refractivity contribution in [1.82, 2.24) is 40.0 Å². The first-order chi connectivity index (χ1) is 10.1. The first kappa shape index (κ1) is 13.8. The van der Waals surface area contributed by atoms with Gasteiger partial charge in [-0.15, -0.1) is 15.3 Å². The molecule has 11 heteroatoms. The molecule has 0 saturated carbocycles. The Morgan fingerprint density at radius 3 is 2.67 bits per heavy atom. The van der Waals surface area contributed by atoms with Gasteiger partial charge in [0.2, 0.25) is 11.0 Å². The van der Waals surface area contributed by atoms with Crippen LogP contribution in [0.15, 0.2) is 22.3 Å². The minimum Gasteiger partial charge on any atom is -0.218 e. The summed E-state index contributed by atoms with van der Waals surface area (Å²) in [6.45, 7) is 3.87. The van der Waals surface area contributed by atoms with E-state index in [1.807, 2.05) is 13.8 Å². The van der Waals surface area contributed by atoms with Crippen molar-refractivity contribution >= 4 is 17.4 Å². The molecular formula is C10H10F2N8S. The topological polar surface area (TPSA) is 86.7 Å². The predicted octanol–water partition coefficient (Wildman–Crippen LogP) is 1.78. The van der Waals surface area contributed by atoms with Crippen LogP contribution in [-0.4, -0.2) is 40.0 Å². The van der Waals surface area contributed by atoms with E-state index in [0.717, 1.165) is 4.52 Å². The predicted molar refractivity (Wildman–Crippen MR) is 68.1 cm³/mol. The summed E-state index contributed by atoms with van der Waals surface area (Å²) in [5.41, 5.74) is 0.262. The molecule has 3 aromatic rings. The monoisotopic (exact) mass is 312 g/mol. The van der Waals surface area contributed by atoms with Gasteiger partial charge in [-0.2, -0.15) is 9.61 Å². The Balaban J connectivity index is 1.97. The summed E-state index contributed by atoms with van der Waals surface area (Å²) >= 11 is 1.18. The molecular weight excluding hydrogens is 302 g/mol. The van der Waals surface area contributed by atoms with Crippen LogP contribution in [0.5, 0.6) is 0 Å². The summed E-state index contributed by atoms with van der Waals surface area (Å²) in [6, 6.07) is 3.30. The molecule has 0 N–H and O–H groups in total. The molecule has 0 unspecified atom stereocenters. The molecule has 0 radical (unpaired) electrons. The van der Waals surface area contributed by atoms with Gasteiger partial charge >= 0.3 is 0 Å². The quantitative estimate of drug-likeness (QED) is 0.725. The standard InChI is InChI=1S/C10H10F2N8S/c1-5(2)19-10(15-17-18-19)21-7-4-3-6-13-14-9(8(11)12)20(6)16-7/h3-5,8H,1-2H3. The Morgan fingerprint density at radius 2 is 1.95 bits per heavy atom. The molecule has 0 amide bonds. The van der Waals surface area contributed by atoms with Crippen LogP contribution in [0.4, 0.5) is 8.78 Å². The van der Waals surface area contributed by atoms with Gasteiger partial charge in [-0.3, -0.25) is 0 Å². The van der Waals surface area contributed by atoms with Crippen molar-refractivity contribution in [2.75, 3.05) is 0 Å². The molecule has 0 aromatic carbocycles. The molecule has 0 fully saturated rings. The minimum atomic E-state index is -2.74. The van der Waals surface area contributed by atoms with E-state index in [0.29, 0.717) is 10.2 Å². The lowest BCUT2D eigenvalue weighted by molar-refractivity contribution is 0.137. The number of hydrogen-bond donors (Lipinski definition) is 0. The molecule has 21 heavy (non-hydrogen) atoms. The van der Waals surface area contributed by atoms with E-state index in [9.17, 15) is 8.78 Å². The van der Waals surface area contributed by atoms with E-state index < -0.39 is 12.2 Å². The third kappa shape index (κ3) is 2.55. The van der Waals surface area contributed by atoms with Crippen molar-refractivity contribution in [3.8, 4) is 0 Å². The van der Waals surface area contributed by atoms with Crippen molar-refractivity contribution in [3.05, 3.63) is 18.0 Å².